The number of hydrogen-bond donors (Lipinski definition) is 2. The topological polar surface area (TPSA) is 75.3 Å². The Labute approximate surface area is 105 Å². The summed E-state index contributed by atoms with van der Waals surface area (Å²) in [5, 5.41) is 4.82. The third-order valence-corrected chi connectivity index (χ3v) is 2.86. The second-order valence-electron chi connectivity index (χ2n) is 4.34. The number of aryl methyl sites for hydroxylation is 1. The Hall–Kier alpha value is -2.17. The summed E-state index contributed by atoms with van der Waals surface area (Å²) in [6.45, 7) is 1.93. The first-order valence-electron chi connectivity index (χ1n) is 5.77. The van der Waals surface area contributed by atoms with Crippen LogP contribution in [0, 0.1) is 6.92 Å². The Morgan fingerprint density at radius 2 is 1.94 bits per heavy atom. The summed E-state index contributed by atoms with van der Waals surface area (Å²) in [5.41, 5.74) is 1.57. The van der Waals surface area contributed by atoms with Crippen LogP contribution in [0.3, 0.4) is 0 Å². The maximum Gasteiger partial charge on any atom is 0.251 e. The second kappa shape index (κ2) is 5.00. The summed E-state index contributed by atoms with van der Waals surface area (Å²) in [7, 11) is 0. The minimum atomic E-state index is -0.628. The Bertz CT molecular complexity index is 493. The summed E-state index contributed by atoms with van der Waals surface area (Å²) in [4.78, 5) is 34.3. The van der Waals surface area contributed by atoms with Gasteiger partial charge in [0.25, 0.3) is 5.91 Å². The molecule has 1 aromatic rings. The molecule has 18 heavy (non-hydrogen) atoms. The van der Waals surface area contributed by atoms with Gasteiger partial charge in [-0.25, -0.2) is 0 Å². The number of nitrogens with one attached hydrogen (secondary N) is 2. The van der Waals surface area contributed by atoms with E-state index >= 15 is 0 Å². The summed E-state index contributed by atoms with van der Waals surface area (Å²) in [6, 6.07) is 6.45. The van der Waals surface area contributed by atoms with Crippen molar-refractivity contribution in [3.63, 3.8) is 0 Å². The summed E-state index contributed by atoms with van der Waals surface area (Å²) < 4.78 is 0. The van der Waals surface area contributed by atoms with Crippen LogP contribution in [0.4, 0.5) is 0 Å². The van der Waals surface area contributed by atoms with E-state index in [1.807, 2.05) is 19.1 Å². The van der Waals surface area contributed by atoms with Crippen molar-refractivity contribution in [1.29, 1.82) is 0 Å². The molecule has 2 N–H and O–H groups in total. The summed E-state index contributed by atoms with van der Waals surface area (Å²) in [5.74, 6) is -1.03. The number of hydrogen-bond acceptors (Lipinski definition) is 3. The fraction of sp³-hybridized carbons (Fsp3) is 0.308. The average molecular weight is 246 g/mol. The Morgan fingerprint density at radius 1 is 1.28 bits per heavy atom. The monoisotopic (exact) mass is 246 g/mol. The van der Waals surface area contributed by atoms with Gasteiger partial charge >= 0.3 is 0 Å². The van der Waals surface area contributed by atoms with Gasteiger partial charge in [-0.1, -0.05) is 17.7 Å². The number of rotatable bonds is 2. The lowest BCUT2D eigenvalue weighted by atomic mass is 10.1. The molecule has 1 aliphatic rings. The first-order chi connectivity index (χ1) is 8.56. The maximum atomic E-state index is 11.9. The van der Waals surface area contributed by atoms with E-state index in [1.54, 1.807) is 12.1 Å². The number of benzene rings is 1. The van der Waals surface area contributed by atoms with Gasteiger partial charge in [-0.15, -0.1) is 0 Å². The molecule has 0 spiro atoms. The highest BCUT2D eigenvalue weighted by molar-refractivity contribution is 6.03. The molecule has 0 bridgehead atoms. The first-order valence-corrected chi connectivity index (χ1v) is 5.77. The van der Waals surface area contributed by atoms with Crippen LogP contribution in [0.5, 0.6) is 0 Å². The van der Waals surface area contributed by atoms with E-state index in [0.29, 0.717) is 12.0 Å². The van der Waals surface area contributed by atoms with Gasteiger partial charge in [0.1, 0.15) is 6.04 Å². The molecule has 1 aliphatic heterocycles. The lowest BCUT2D eigenvalue weighted by molar-refractivity contribution is -0.134. The smallest absolute Gasteiger partial charge is 0.251 e. The summed E-state index contributed by atoms with van der Waals surface area (Å²) in [6.07, 6.45) is 0.604. The van der Waals surface area contributed by atoms with Crippen LogP contribution >= 0.6 is 0 Å². The van der Waals surface area contributed by atoms with Crippen LogP contribution in [-0.2, 0) is 9.59 Å². The molecule has 1 heterocycles. The molecule has 5 heteroatoms. The van der Waals surface area contributed by atoms with Gasteiger partial charge in [0.05, 0.1) is 0 Å². The number of piperidine rings is 1. The van der Waals surface area contributed by atoms with E-state index in [4.69, 9.17) is 0 Å². The molecule has 0 saturated carbocycles. The quantitative estimate of drug-likeness (QED) is 0.747. The highest BCUT2D eigenvalue weighted by Gasteiger charge is 2.27. The van der Waals surface area contributed by atoms with Gasteiger partial charge in [0, 0.05) is 12.0 Å². The van der Waals surface area contributed by atoms with Crippen molar-refractivity contribution in [3.8, 4) is 0 Å². The number of imide groups is 1. The van der Waals surface area contributed by atoms with Crippen molar-refractivity contribution in [3.05, 3.63) is 35.4 Å². The van der Waals surface area contributed by atoms with Crippen LogP contribution < -0.4 is 10.6 Å². The highest BCUT2D eigenvalue weighted by Crippen LogP contribution is 2.07. The zero-order chi connectivity index (χ0) is 13.1. The average Bonchev–Trinajstić information content (AvgIpc) is 2.33. The van der Waals surface area contributed by atoms with E-state index in [0.717, 1.165) is 5.56 Å². The van der Waals surface area contributed by atoms with Gasteiger partial charge in [-0.2, -0.15) is 0 Å². The number of amides is 3. The van der Waals surface area contributed by atoms with Crippen molar-refractivity contribution in [2.75, 3.05) is 0 Å². The normalized spacial score (nSPS) is 19.3. The highest BCUT2D eigenvalue weighted by atomic mass is 16.2. The van der Waals surface area contributed by atoms with Crippen LogP contribution in [0.1, 0.15) is 28.8 Å². The molecule has 0 unspecified atom stereocenters. The molecule has 1 aromatic carbocycles. The molecule has 2 rings (SSSR count). The zero-order valence-corrected chi connectivity index (χ0v) is 10.0. The van der Waals surface area contributed by atoms with Crippen LogP contribution in [0.25, 0.3) is 0 Å². The van der Waals surface area contributed by atoms with Gasteiger partial charge in [0.2, 0.25) is 11.8 Å². The van der Waals surface area contributed by atoms with Crippen LogP contribution in [-0.4, -0.2) is 23.8 Å². The van der Waals surface area contributed by atoms with Crippen LogP contribution in [0.2, 0.25) is 0 Å². The fourth-order valence-electron chi connectivity index (χ4n) is 1.78. The van der Waals surface area contributed by atoms with E-state index in [9.17, 15) is 14.4 Å². The molecule has 94 valence electrons. The van der Waals surface area contributed by atoms with E-state index < -0.39 is 11.9 Å². The molecule has 0 aliphatic carbocycles. The predicted octanol–water partition coefficient (Wildman–Crippen LogP) is 0.530. The minimum Gasteiger partial charge on any atom is -0.340 e. The van der Waals surface area contributed by atoms with E-state index in [1.165, 1.54) is 0 Å². The van der Waals surface area contributed by atoms with Gasteiger partial charge in [-0.05, 0) is 25.5 Å². The Kier molecular flexibility index (Phi) is 3.41. The predicted molar refractivity (Wildman–Crippen MR) is 64.8 cm³/mol. The zero-order valence-electron chi connectivity index (χ0n) is 10.0. The Morgan fingerprint density at radius 3 is 2.56 bits per heavy atom. The molecule has 0 radical (unpaired) electrons. The van der Waals surface area contributed by atoms with E-state index in [2.05, 4.69) is 10.6 Å². The largest absolute Gasteiger partial charge is 0.340 e. The standard InChI is InChI=1S/C13H14N2O3/c1-8-2-4-9(5-3-8)12(17)14-10-6-7-11(16)15-13(10)18/h2-5,10H,6-7H2,1H3,(H,14,17)(H,15,16,18)/t10-/m1/s1. The fourth-order valence-corrected chi connectivity index (χ4v) is 1.78. The van der Waals surface area contributed by atoms with Crippen molar-refractivity contribution in [1.82, 2.24) is 10.6 Å². The van der Waals surface area contributed by atoms with Gasteiger partial charge in [-0.3, -0.25) is 19.7 Å². The number of carbonyl (C=O) groups excluding carboxylic acids is 3. The maximum absolute atomic E-state index is 11.9. The molecular weight excluding hydrogens is 232 g/mol. The molecule has 3 amide bonds. The van der Waals surface area contributed by atoms with Crippen molar-refractivity contribution in [2.45, 2.75) is 25.8 Å². The van der Waals surface area contributed by atoms with Crippen molar-refractivity contribution < 1.29 is 14.4 Å². The number of carbonyl (C=O) groups is 3. The minimum absolute atomic E-state index is 0.255. The van der Waals surface area contributed by atoms with Gasteiger partial charge < -0.3 is 5.32 Å². The molecule has 1 atom stereocenters. The van der Waals surface area contributed by atoms with E-state index in [-0.39, 0.29) is 18.2 Å². The Balaban J connectivity index is 2.01. The third-order valence-electron chi connectivity index (χ3n) is 2.86. The molecule has 1 saturated heterocycles. The second-order valence-corrected chi connectivity index (χ2v) is 4.34. The molecular formula is C13H14N2O3. The van der Waals surface area contributed by atoms with Gasteiger partial charge in [0.15, 0.2) is 0 Å². The van der Waals surface area contributed by atoms with Crippen molar-refractivity contribution in [2.24, 2.45) is 0 Å². The van der Waals surface area contributed by atoms with Crippen LogP contribution in [0.15, 0.2) is 24.3 Å². The lowest BCUT2D eigenvalue weighted by Gasteiger charge is -2.21. The lowest BCUT2D eigenvalue weighted by Crippen LogP contribution is -2.52. The van der Waals surface area contributed by atoms with Crippen molar-refractivity contribution >= 4 is 17.7 Å². The third kappa shape index (κ3) is 2.74. The first kappa shape index (κ1) is 12.3. The molecule has 1 fully saturated rings. The summed E-state index contributed by atoms with van der Waals surface area (Å²) >= 11 is 0. The molecule has 0 aromatic heterocycles. The molecule has 5 nitrogen and oxygen atoms in total. The SMILES string of the molecule is Cc1ccc(C(=O)N[C@@H]2CCC(=O)NC2=O)cc1.